The van der Waals surface area contributed by atoms with Crippen molar-refractivity contribution in [3.05, 3.63) is 22.6 Å². The average Bonchev–Trinajstić information content (AvgIpc) is 2.84. The minimum atomic E-state index is -0.363. The van der Waals surface area contributed by atoms with Crippen LogP contribution in [0.15, 0.2) is 21.2 Å². The lowest BCUT2D eigenvalue weighted by atomic mass is 9.96. The topological polar surface area (TPSA) is 66.3 Å². The van der Waals surface area contributed by atoms with Crippen LogP contribution in [0.25, 0.3) is 0 Å². The van der Waals surface area contributed by atoms with Crippen LogP contribution in [-0.4, -0.2) is 17.1 Å². The van der Waals surface area contributed by atoms with Crippen LogP contribution in [0.1, 0.15) is 42.7 Å². The SMILES string of the molecule is O=C(NNC(=S)NC1CCCCC1)c1ccc(Br)o1. The molecule has 2 rings (SSSR count). The van der Waals surface area contributed by atoms with Crippen LogP contribution in [0, 0.1) is 0 Å². The van der Waals surface area contributed by atoms with Gasteiger partial charge in [-0.1, -0.05) is 19.3 Å². The Bertz CT molecular complexity index is 458. The van der Waals surface area contributed by atoms with E-state index in [0.717, 1.165) is 12.8 Å². The van der Waals surface area contributed by atoms with Crippen LogP contribution in [0.4, 0.5) is 0 Å². The Morgan fingerprint density at radius 3 is 2.63 bits per heavy atom. The van der Waals surface area contributed by atoms with Gasteiger partial charge in [-0.15, -0.1) is 0 Å². The molecule has 104 valence electrons. The summed E-state index contributed by atoms with van der Waals surface area (Å²) in [5, 5.41) is 3.63. The first-order valence-electron chi connectivity index (χ1n) is 6.27. The third kappa shape index (κ3) is 4.50. The smallest absolute Gasteiger partial charge is 0.305 e. The van der Waals surface area contributed by atoms with E-state index in [2.05, 4.69) is 32.1 Å². The molecule has 1 heterocycles. The molecular formula is C12H16BrN3O2S. The van der Waals surface area contributed by atoms with Crippen molar-refractivity contribution in [1.82, 2.24) is 16.2 Å². The summed E-state index contributed by atoms with van der Waals surface area (Å²) < 4.78 is 5.64. The van der Waals surface area contributed by atoms with Crippen LogP contribution >= 0.6 is 28.1 Å². The largest absolute Gasteiger partial charge is 0.444 e. The molecule has 1 fully saturated rings. The molecule has 1 aromatic rings. The maximum Gasteiger partial charge on any atom is 0.305 e. The summed E-state index contributed by atoms with van der Waals surface area (Å²) in [5.74, 6) is -0.140. The van der Waals surface area contributed by atoms with Crippen molar-refractivity contribution in [2.45, 2.75) is 38.1 Å². The van der Waals surface area contributed by atoms with Gasteiger partial charge in [0.25, 0.3) is 0 Å². The van der Waals surface area contributed by atoms with E-state index in [-0.39, 0.29) is 11.7 Å². The predicted molar refractivity (Wildman–Crippen MR) is 79.6 cm³/mol. The molecule has 0 spiro atoms. The number of thiocarbonyl (C=S) groups is 1. The van der Waals surface area contributed by atoms with E-state index in [4.69, 9.17) is 16.6 Å². The molecule has 3 N–H and O–H groups in total. The molecule has 0 unspecified atom stereocenters. The van der Waals surface area contributed by atoms with Crippen LogP contribution in [0.5, 0.6) is 0 Å². The van der Waals surface area contributed by atoms with Gasteiger partial charge in [-0.25, -0.2) is 0 Å². The highest BCUT2D eigenvalue weighted by Crippen LogP contribution is 2.17. The fourth-order valence-corrected chi connectivity index (χ4v) is 2.60. The number of furan rings is 1. The van der Waals surface area contributed by atoms with Crippen molar-refractivity contribution in [3.63, 3.8) is 0 Å². The number of halogens is 1. The zero-order chi connectivity index (χ0) is 13.7. The summed E-state index contributed by atoms with van der Waals surface area (Å²) in [6.07, 6.45) is 6.00. The first kappa shape index (κ1) is 14.3. The van der Waals surface area contributed by atoms with Gasteiger partial charge < -0.3 is 9.73 Å². The average molecular weight is 346 g/mol. The van der Waals surface area contributed by atoms with Gasteiger partial charge in [-0.05, 0) is 53.1 Å². The summed E-state index contributed by atoms with van der Waals surface area (Å²) in [6.45, 7) is 0. The number of amides is 1. The molecule has 19 heavy (non-hydrogen) atoms. The summed E-state index contributed by atoms with van der Waals surface area (Å²) in [5.41, 5.74) is 5.18. The third-order valence-corrected chi connectivity index (χ3v) is 3.67. The fraction of sp³-hybridized carbons (Fsp3) is 0.500. The maximum absolute atomic E-state index is 11.7. The molecule has 1 aliphatic carbocycles. The van der Waals surface area contributed by atoms with Gasteiger partial charge in [0.15, 0.2) is 15.5 Å². The van der Waals surface area contributed by atoms with E-state index in [9.17, 15) is 4.79 Å². The number of carbonyl (C=O) groups is 1. The zero-order valence-corrected chi connectivity index (χ0v) is 12.8. The summed E-state index contributed by atoms with van der Waals surface area (Å²) in [6, 6.07) is 3.65. The van der Waals surface area contributed by atoms with Crippen molar-refractivity contribution in [3.8, 4) is 0 Å². The second-order valence-corrected chi connectivity index (χ2v) is 5.68. The Balaban J connectivity index is 1.72. The van der Waals surface area contributed by atoms with Crippen molar-refractivity contribution in [2.75, 3.05) is 0 Å². The monoisotopic (exact) mass is 345 g/mol. The minimum absolute atomic E-state index is 0.222. The third-order valence-electron chi connectivity index (χ3n) is 3.03. The highest BCUT2D eigenvalue weighted by Gasteiger charge is 2.15. The van der Waals surface area contributed by atoms with Crippen molar-refractivity contribution in [1.29, 1.82) is 0 Å². The van der Waals surface area contributed by atoms with Gasteiger partial charge >= 0.3 is 5.91 Å². The summed E-state index contributed by atoms with van der Waals surface area (Å²) in [7, 11) is 0. The van der Waals surface area contributed by atoms with Crippen molar-refractivity contribution >= 4 is 39.2 Å². The molecule has 0 radical (unpaired) electrons. The Morgan fingerprint density at radius 1 is 1.26 bits per heavy atom. The predicted octanol–water partition coefficient (Wildman–Crippen LogP) is 2.48. The number of hydrazine groups is 1. The fourth-order valence-electron chi connectivity index (χ4n) is 2.08. The van der Waals surface area contributed by atoms with E-state index in [1.807, 2.05) is 0 Å². The van der Waals surface area contributed by atoms with Crippen LogP contribution in [0.3, 0.4) is 0 Å². The molecule has 0 atom stereocenters. The lowest BCUT2D eigenvalue weighted by Gasteiger charge is -2.24. The van der Waals surface area contributed by atoms with Crippen molar-refractivity contribution < 1.29 is 9.21 Å². The van der Waals surface area contributed by atoms with Gasteiger partial charge in [0, 0.05) is 6.04 Å². The van der Waals surface area contributed by atoms with E-state index in [0.29, 0.717) is 15.8 Å². The highest BCUT2D eigenvalue weighted by molar-refractivity contribution is 9.10. The van der Waals surface area contributed by atoms with Crippen LogP contribution in [-0.2, 0) is 0 Å². The number of carbonyl (C=O) groups excluding carboxylic acids is 1. The normalized spacial score (nSPS) is 15.8. The summed E-state index contributed by atoms with van der Waals surface area (Å²) >= 11 is 8.27. The molecule has 1 aromatic heterocycles. The molecule has 0 bridgehead atoms. The van der Waals surface area contributed by atoms with E-state index in [1.165, 1.54) is 19.3 Å². The Morgan fingerprint density at radius 2 is 2.00 bits per heavy atom. The number of nitrogens with one attached hydrogen (secondary N) is 3. The number of hydrogen-bond acceptors (Lipinski definition) is 3. The second kappa shape index (κ2) is 6.91. The lowest BCUT2D eigenvalue weighted by Crippen LogP contribution is -2.50. The van der Waals surface area contributed by atoms with Crippen LogP contribution in [0.2, 0.25) is 0 Å². The zero-order valence-electron chi connectivity index (χ0n) is 10.4. The Hall–Kier alpha value is -1.08. The van der Waals surface area contributed by atoms with Crippen molar-refractivity contribution in [2.24, 2.45) is 0 Å². The first-order valence-corrected chi connectivity index (χ1v) is 7.47. The standard InChI is InChI=1S/C12H16BrN3O2S/c13-10-7-6-9(18-10)11(17)15-16-12(19)14-8-4-2-1-3-5-8/h6-8H,1-5H2,(H,15,17)(H2,14,16,19). The molecule has 1 amide bonds. The van der Waals surface area contributed by atoms with E-state index >= 15 is 0 Å². The minimum Gasteiger partial charge on any atom is -0.444 e. The number of rotatable bonds is 2. The molecule has 0 aromatic carbocycles. The molecule has 1 saturated carbocycles. The number of hydrogen-bond donors (Lipinski definition) is 3. The van der Waals surface area contributed by atoms with E-state index < -0.39 is 0 Å². The molecule has 0 aliphatic heterocycles. The Kier molecular flexibility index (Phi) is 5.21. The molecule has 0 saturated heterocycles. The first-order chi connectivity index (χ1) is 9.15. The van der Waals surface area contributed by atoms with Gasteiger partial charge in [-0.2, -0.15) is 0 Å². The highest BCUT2D eigenvalue weighted by atomic mass is 79.9. The quantitative estimate of drug-likeness (QED) is 0.567. The molecule has 1 aliphatic rings. The lowest BCUT2D eigenvalue weighted by molar-refractivity contribution is 0.0914. The maximum atomic E-state index is 11.7. The summed E-state index contributed by atoms with van der Waals surface area (Å²) in [4.78, 5) is 11.7. The molecule has 7 heteroatoms. The van der Waals surface area contributed by atoms with Gasteiger partial charge in [-0.3, -0.25) is 15.6 Å². The van der Waals surface area contributed by atoms with Crippen LogP contribution < -0.4 is 16.2 Å². The van der Waals surface area contributed by atoms with Gasteiger partial charge in [0.1, 0.15) is 0 Å². The van der Waals surface area contributed by atoms with Gasteiger partial charge in [0.05, 0.1) is 0 Å². The molecular weight excluding hydrogens is 330 g/mol. The van der Waals surface area contributed by atoms with Gasteiger partial charge in [0.2, 0.25) is 0 Å². The molecule has 5 nitrogen and oxygen atoms in total. The second-order valence-electron chi connectivity index (χ2n) is 4.49. The van der Waals surface area contributed by atoms with E-state index in [1.54, 1.807) is 12.1 Å². The Labute approximate surface area is 125 Å².